The molecule has 3 rings (SSSR count). The van der Waals surface area contributed by atoms with E-state index in [2.05, 4.69) is 19.2 Å². The summed E-state index contributed by atoms with van der Waals surface area (Å²) in [6, 6.07) is 7.89. The molecule has 1 amide bonds. The van der Waals surface area contributed by atoms with Crippen LogP contribution in [0, 0.1) is 5.92 Å². The molecule has 1 N–H and O–H groups in total. The molecule has 2 fully saturated rings. The molecule has 1 aliphatic heterocycles. The van der Waals surface area contributed by atoms with Crippen molar-refractivity contribution < 1.29 is 9.53 Å². The second kappa shape index (κ2) is 7.20. The van der Waals surface area contributed by atoms with Gasteiger partial charge in [0.2, 0.25) is 0 Å². The molecule has 0 spiro atoms. The molecular formula is C19H27N3O2S. The molecule has 2 aliphatic rings. The van der Waals surface area contributed by atoms with E-state index in [1.54, 1.807) is 7.11 Å². The SMILES string of the molecule is COc1ccc(C2(C(=O)N3CCCN3C(=S)NCC(C)C)CC2)cc1. The van der Waals surface area contributed by atoms with E-state index in [0.717, 1.165) is 50.2 Å². The first kappa shape index (κ1) is 18.0. The van der Waals surface area contributed by atoms with Crippen molar-refractivity contribution in [3.63, 3.8) is 0 Å². The smallest absolute Gasteiger partial charge is 0.251 e. The second-order valence-electron chi connectivity index (χ2n) is 7.30. The first-order valence-electron chi connectivity index (χ1n) is 9.00. The van der Waals surface area contributed by atoms with Crippen LogP contribution in [-0.4, -0.2) is 47.8 Å². The lowest BCUT2D eigenvalue weighted by Gasteiger charge is -2.33. The highest BCUT2D eigenvalue weighted by Crippen LogP contribution is 2.50. The standard InChI is InChI=1S/C19H27N3O2S/c1-14(2)13-20-18(25)22-12-4-11-21(22)17(23)19(9-10-19)15-5-7-16(24-3)8-6-15/h5-8,14H,4,9-13H2,1-3H3,(H,20,25). The first-order valence-corrected chi connectivity index (χ1v) is 9.40. The highest BCUT2D eigenvalue weighted by atomic mass is 32.1. The van der Waals surface area contributed by atoms with Crippen LogP contribution in [0.5, 0.6) is 5.75 Å². The van der Waals surface area contributed by atoms with Crippen molar-refractivity contribution in [3.8, 4) is 5.75 Å². The van der Waals surface area contributed by atoms with Crippen LogP contribution in [0.25, 0.3) is 0 Å². The van der Waals surface area contributed by atoms with Crippen LogP contribution in [-0.2, 0) is 10.2 Å². The van der Waals surface area contributed by atoms with Crippen LogP contribution in [0.2, 0.25) is 0 Å². The first-order chi connectivity index (χ1) is 12.0. The Balaban J connectivity index is 1.73. The van der Waals surface area contributed by atoms with E-state index in [0.29, 0.717) is 11.0 Å². The van der Waals surface area contributed by atoms with Gasteiger partial charge in [0.25, 0.3) is 5.91 Å². The van der Waals surface area contributed by atoms with Crippen LogP contribution in [0.3, 0.4) is 0 Å². The quantitative estimate of drug-likeness (QED) is 0.817. The molecule has 0 unspecified atom stereocenters. The van der Waals surface area contributed by atoms with Gasteiger partial charge in [-0.3, -0.25) is 14.8 Å². The maximum absolute atomic E-state index is 13.3. The van der Waals surface area contributed by atoms with Crippen LogP contribution < -0.4 is 10.1 Å². The summed E-state index contributed by atoms with van der Waals surface area (Å²) < 4.78 is 5.23. The molecule has 1 saturated heterocycles. The number of rotatable bonds is 5. The van der Waals surface area contributed by atoms with E-state index >= 15 is 0 Å². The Hall–Kier alpha value is -1.82. The molecule has 0 aromatic heterocycles. The fourth-order valence-corrected chi connectivity index (χ4v) is 3.60. The number of methoxy groups -OCH3 is 1. The van der Waals surface area contributed by atoms with Crippen molar-refractivity contribution in [2.24, 2.45) is 5.92 Å². The number of amides is 1. The van der Waals surface area contributed by atoms with E-state index in [4.69, 9.17) is 17.0 Å². The fourth-order valence-electron chi connectivity index (χ4n) is 3.32. The molecule has 136 valence electrons. The van der Waals surface area contributed by atoms with Gasteiger partial charge in [-0.15, -0.1) is 0 Å². The topological polar surface area (TPSA) is 44.8 Å². The van der Waals surface area contributed by atoms with Crippen LogP contribution in [0.15, 0.2) is 24.3 Å². The zero-order valence-electron chi connectivity index (χ0n) is 15.2. The number of hydrazine groups is 1. The third-order valence-electron chi connectivity index (χ3n) is 4.96. The van der Waals surface area contributed by atoms with E-state index in [1.807, 2.05) is 34.3 Å². The van der Waals surface area contributed by atoms with Gasteiger partial charge in [0, 0.05) is 19.6 Å². The molecule has 1 aliphatic carbocycles. The molecule has 0 bridgehead atoms. The Bertz CT molecular complexity index is 641. The summed E-state index contributed by atoms with van der Waals surface area (Å²) >= 11 is 5.53. The number of nitrogens with one attached hydrogen (secondary N) is 1. The number of hydrogen-bond donors (Lipinski definition) is 1. The number of hydrogen-bond acceptors (Lipinski definition) is 3. The zero-order chi connectivity index (χ0) is 18.0. The molecule has 25 heavy (non-hydrogen) atoms. The Labute approximate surface area is 155 Å². The molecule has 1 aromatic rings. The maximum Gasteiger partial charge on any atom is 0.251 e. The summed E-state index contributed by atoms with van der Waals surface area (Å²) in [5.41, 5.74) is 0.689. The van der Waals surface area contributed by atoms with Crippen molar-refractivity contribution in [3.05, 3.63) is 29.8 Å². The van der Waals surface area contributed by atoms with Gasteiger partial charge in [0.15, 0.2) is 5.11 Å². The van der Waals surface area contributed by atoms with Crippen molar-refractivity contribution in [1.29, 1.82) is 0 Å². The lowest BCUT2D eigenvalue weighted by atomic mass is 9.94. The normalized spacial score (nSPS) is 18.4. The lowest BCUT2D eigenvalue weighted by Crippen LogP contribution is -2.52. The number of carbonyl (C=O) groups is 1. The summed E-state index contributed by atoms with van der Waals surface area (Å²) in [6.07, 6.45) is 2.75. The minimum atomic E-state index is -0.386. The van der Waals surface area contributed by atoms with E-state index in [-0.39, 0.29) is 11.3 Å². The number of benzene rings is 1. The number of thiocarbonyl (C=S) groups is 1. The van der Waals surface area contributed by atoms with Gasteiger partial charge >= 0.3 is 0 Å². The van der Waals surface area contributed by atoms with Gasteiger partial charge in [-0.2, -0.15) is 0 Å². The molecule has 1 heterocycles. The number of carbonyl (C=O) groups excluding carboxylic acids is 1. The highest BCUT2D eigenvalue weighted by Gasteiger charge is 2.54. The fraction of sp³-hybridized carbons (Fsp3) is 0.579. The van der Waals surface area contributed by atoms with Gasteiger partial charge in [-0.25, -0.2) is 0 Å². The Morgan fingerprint density at radius 3 is 2.44 bits per heavy atom. The predicted octanol–water partition coefficient (Wildman–Crippen LogP) is 2.71. The molecule has 5 nitrogen and oxygen atoms in total. The van der Waals surface area contributed by atoms with E-state index in [9.17, 15) is 4.79 Å². The van der Waals surface area contributed by atoms with Crippen LogP contribution >= 0.6 is 12.2 Å². The summed E-state index contributed by atoms with van der Waals surface area (Å²) in [5, 5.41) is 7.74. The summed E-state index contributed by atoms with van der Waals surface area (Å²) in [5.74, 6) is 1.50. The average molecular weight is 362 g/mol. The van der Waals surface area contributed by atoms with Crippen molar-refractivity contribution in [1.82, 2.24) is 15.3 Å². The van der Waals surface area contributed by atoms with Gasteiger partial charge in [0.1, 0.15) is 5.75 Å². The second-order valence-corrected chi connectivity index (χ2v) is 7.68. The van der Waals surface area contributed by atoms with Crippen molar-refractivity contribution in [2.45, 2.75) is 38.5 Å². The predicted molar refractivity (Wildman–Crippen MR) is 102 cm³/mol. The highest BCUT2D eigenvalue weighted by molar-refractivity contribution is 7.80. The summed E-state index contributed by atoms with van der Waals surface area (Å²) in [6.45, 7) is 6.65. The minimum absolute atomic E-state index is 0.170. The Morgan fingerprint density at radius 1 is 1.24 bits per heavy atom. The van der Waals surface area contributed by atoms with Crippen molar-refractivity contribution >= 4 is 23.2 Å². The van der Waals surface area contributed by atoms with Gasteiger partial charge in [-0.05, 0) is 55.1 Å². The zero-order valence-corrected chi connectivity index (χ0v) is 16.1. The third kappa shape index (κ3) is 3.59. The molecular weight excluding hydrogens is 334 g/mol. The van der Waals surface area contributed by atoms with E-state index in [1.165, 1.54) is 0 Å². The summed E-state index contributed by atoms with van der Waals surface area (Å²) in [7, 11) is 1.65. The molecule has 0 radical (unpaired) electrons. The van der Waals surface area contributed by atoms with E-state index < -0.39 is 0 Å². The van der Waals surface area contributed by atoms with Crippen molar-refractivity contribution in [2.75, 3.05) is 26.7 Å². The molecule has 1 saturated carbocycles. The van der Waals surface area contributed by atoms with Crippen LogP contribution in [0.1, 0.15) is 38.7 Å². The molecule has 1 aromatic carbocycles. The van der Waals surface area contributed by atoms with Gasteiger partial charge in [-0.1, -0.05) is 26.0 Å². The monoisotopic (exact) mass is 361 g/mol. The lowest BCUT2D eigenvalue weighted by molar-refractivity contribution is -0.141. The van der Waals surface area contributed by atoms with Gasteiger partial charge in [0.05, 0.1) is 12.5 Å². The number of ether oxygens (including phenoxy) is 1. The number of nitrogens with zero attached hydrogens (tertiary/aromatic N) is 2. The van der Waals surface area contributed by atoms with Gasteiger partial charge < -0.3 is 10.1 Å². The third-order valence-corrected chi connectivity index (χ3v) is 5.32. The molecule has 6 heteroatoms. The summed E-state index contributed by atoms with van der Waals surface area (Å²) in [4.78, 5) is 13.3. The Morgan fingerprint density at radius 2 is 1.88 bits per heavy atom. The maximum atomic E-state index is 13.3. The van der Waals surface area contributed by atoms with Crippen LogP contribution in [0.4, 0.5) is 0 Å². The minimum Gasteiger partial charge on any atom is -0.497 e. The largest absolute Gasteiger partial charge is 0.497 e. The Kier molecular flexibility index (Phi) is 5.18. The molecule has 0 atom stereocenters. The average Bonchev–Trinajstić information content (AvgIpc) is 3.28.